The molecule has 0 saturated heterocycles. The number of rotatable bonds is 5. The van der Waals surface area contributed by atoms with E-state index in [9.17, 15) is 0 Å². The third-order valence-electron chi connectivity index (χ3n) is 3.43. The molecule has 0 atom stereocenters. The SMILES string of the molecule is Cc1ccc(Nc2cc(NCc3ccccc3)ncn2)cc1Br. The van der Waals surface area contributed by atoms with Crippen LogP contribution in [0.3, 0.4) is 0 Å². The number of aromatic nitrogens is 2. The summed E-state index contributed by atoms with van der Waals surface area (Å²) in [6.07, 6.45) is 1.55. The Morgan fingerprint density at radius 2 is 1.74 bits per heavy atom. The maximum Gasteiger partial charge on any atom is 0.135 e. The molecule has 2 aromatic carbocycles. The minimum Gasteiger partial charge on any atom is -0.366 e. The molecule has 1 heterocycles. The van der Waals surface area contributed by atoms with Gasteiger partial charge in [-0.05, 0) is 30.2 Å². The Labute approximate surface area is 144 Å². The van der Waals surface area contributed by atoms with Crippen LogP contribution in [0.5, 0.6) is 0 Å². The van der Waals surface area contributed by atoms with Crippen LogP contribution in [0.2, 0.25) is 0 Å². The van der Waals surface area contributed by atoms with E-state index in [4.69, 9.17) is 0 Å². The lowest BCUT2D eigenvalue weighted by Crippen LogP contribution is -2.03. The predicted molar refractivity (Wildman–Crippen MR) is 98.0 cm³/mol. The fourth-order valence-corrected chi connectivity index (χ4v) is 2.51. The van der Waals surface area contributed by atoms with Gasteiger partial charge < -0.3 is 10.6 Å². The van der Waals surface area contributed by atoms with Crippen molar-refractivity contribution in [2.45, 2.75) is 13.5 Å². The van der Waals surface area contributed by atoms with Crippen LogP contribution in [0.1, 0.15) is 11.1 Å². The smallest absolute Gasteiger partial charge is 0.135 e. The molecule has 0 unspecified atom stereocenters. The van der Waals surface area contributed by atoms with E-state index in [0.717, 1.165) is 28.3 Å². The van der Waals surface area contributed by atoms with Crippen molar-refractivity contribution in [1.82, 2.24) is 9.97 Å². The minimum atomic E-state index is 0.730. The van der Waals surface area contributed by atoms with E-state index >= 15 is 0 Å². The molecular formula is C18H17BrN4. The lowest BCUT2D eigenvalue weighted by Gasteiger charge is -2.09. The fourth-order valence-electron chi connectivity index (χ4n) is 2.13. The number of anilines is 3. The molecular weight excluding hydrogens is 352 g/mol. The van der Waals surface area contributed by atoms with Crippen LogP contribution >= 0.6 is 15.9 Å². The number of nitrogens with zero attached hydrogens (tertiary/aromatic N) is 2. The summed E-state index contributed by atoms with van der Waals surface area (Å²) in [5.74, 6) is 1.55. The quantitative estimate of drug-likeness (QED) is 0.672. The van der Waals surface area contributed by atoms with Gasteiger partial charge in [-0.2, -0.15) is 0 Å². The molecule has 23 heavy (non-hydrogen) atoms. The van der Waals surface area contributed by atoms with Crippen molar-refractivity contribution in [3.05, 3.63) is 76.5 Å². The molecule has 3 rings (SSSR count). The van der Waals surface area contributed by atoms with Gasteiger partial charge in [-0.1, -0.05) is 52.3 Å². The highest BCUT2D eigenvalue weighted by molar-refractivity contribution is 9.10. The van der Waals surface area contributed by atoms with Crippen LogP contribution in [0.25, 0.3) is 0 Å². The van der Waals surface area contributed by atoms with Gasteiger partial charge in [-0.15, -0.1) is 0 Å². The molecule has 116 valence electrons. The van der Waals surface area contributed by atoms with Gasteiger partial charge in [0.1, 0.15) is 18.0 Å². The molecule has 0 radical (unpaired) electrons. The Morgan fingerprint density at radius 3 is 2.52 bits per heavy atom. The number of nitrogens with one attached hydrogen (secondary N) is 2. The van der Waals surface area contributed by atoms with Gasteiger partial charge in [0, 0.05) is 22.8 Å². The highest BCUT2D eigenvalue weighted by Crippen LogP contribution is 2.23. The third kappa shape index (κ3) is 4.29. The third-order valence-corrected chi connectivity index (χ3v) is 4.28. The fraction of sp³-hybridized carbons (Fsp3) is 0.111. The summed E-state index contributed by atoms with van der Waals surface area (Å²) < 4.78 is 1.07. The Balaban J connectivity index is 1.68. The van der Waals surface area contributed by atoms with Crippen molar-refractivity contribution in [3.63, 3.8) is 0 Å². The molecule has 0 bridgehead atoms. The average molecular weight is 369 g/mol. The van der Waals surface area contributed by atoms with Gasteiger partial charge in [0.15, 0.2) is 0 Å². The van der Waals surface area contributed by atoms with E-state index in [2.05, 4.69) is 61.7 Å². The maximum atomic E-state index is 4.26. The molecule has 0 amide bonds. The monoisotopic (exact) mass is 368 g/mol. The first-order valence-electron chi connectivity index (χ1n) is 7.34. The zero-order valence-electron chi connectivity index (χ0n) is 12.8. The van der Waals surface area contributed by atoms with Gasteiger partial charge in [-0.25, -0.2) is 9.97 Å². The Bertz CT molecular complexity index is 790. The van der Waals surface area contributed by atoms with E-state index in [1.807, 2.05) is 36.4 Å². The molecule has 5 heteroatoms. The summed E-state index contributed by atoms with van der Waals surface area (Å²) in [6, 6.07) is 18.2. The second kappa shape index (κ2) is 7.24. The summed E-state index contributed by atoms with van der Waals surface area (Å²) in [5, 5.41) is 6.60. The van der Waals surface area contributed by atoms with Crippen molar-refractivity contribution in [2.24, 2.45) is 0 Å². The van der Waals surface area contributed by atoms with Crippen LogP contribution in [-0.4, -0.2) is 9.97 Å². The Kier molecular flexibility index (Phi) is 4.88. The highest BCUT2D eigenvalue weighted by Gasteiger charge is 2.02. The lowest BCUT2D eigenvalue weighted by molar-refractivity contribution is 1.08. The summed E-state index contributed by atoms with van der Waals surface area (Å²) in [7, 11) is 0. The van der Waals surface area contributed by atoms with Crippen molar-refractivity contribution < 1.29 is 0 Å². The van der Waals surface area contributed by atoms with Crippen LogP contribution in [-0.2, 0) is 6.54 Å². The zero-order valence-corrected chi connectivity index (χ0v) is 14.3. The Morgan fingerprint density at radius 1 is 0.957 bits per heavy atom. The van der Waals surface area contributed by atoms with Gasteiger partial charge in [0.05, 0.1) is 0 Å². The number of hydrogen-bond donors (Lipinski definition) is 2. The average Bonchev–Trinajstić information content (AvgIpc) is 2.58. The molecule has 0 aliphatic heterocycles. The highest BCUT2D eigenvalue weighted by atomic mass is 79.9. The minimum absolute atomic E-state index is 0.730. The normalized spacial score (nSPS) is 10.3. The Hall–Kier alpha value is -2.40. The standard InChI is InChI=1S/C18H17BrN4/c1-13-7-8-15(9-16(13)19)23-18-10-17(21-12-22-18)20-11-14-5-3-2-4-6-14/h2-10,12H,11H2,1H3,(H2,20,21,22,23). The molecule has 0 spiro atoms. The van der Waals surface area contributed by atoms with Gasteiger partial charge in [-0.3, -0.25) is 0 Å². The summed E-state index contributed by atoms with van der Waals surface area (Å²) in [4.78, 5) is 8.52. The molecule has 2 N–H and O–H groups in total. The molecule has 4 nitrogen and oxygen atoms in total. The summed E-state index contributed by atoms with van der Waals surface area (Å²) in [6.45, 7) is 2.79. The topological polar surface area (TPSA) is 49.8 Å². The van der Waals surface area contributed by atoms with Gasteiger partial charge >= 0.3 is 0 Å². The molecule has 0 aliphatic carbocycles. The molecule has 0 fully saturated rings. The van der Waals surface area contributed by atoms with Crippen LogP contribution < -0.4 is 10.6 Å². The molecule has 0 aliphatic rings. The molecule has 3 aromatic rings. The van der Waals surface area contributed by atoms with E-state index in [0.29, 0.717) is 0 Å². The van der Waals surface area contributed by atoms with Crippen molar-refractivity contribution in [1.29, 1.82) is 0 Å². The summed E-state index contributed by atoms with van der Waals surface area (Å²) in [5.41, 5.74) is 3.39. The zero-order chi connectivity index (χ0) is 16.1. The second-order valence-corrected chi connectivity index (χ2v) is 6.07. The molecule has 0 saturated carbocycles. The number of benzene rings is 2. The van der Waals surface area contributed by atoms with Crippen molar-refractivity contribution >= 4 is 33.3 Å². The first-order valence-corrected chi connectivity index (χ1v) is 8.13. The van der Waals surface area contributed by atoms with Crippen LogP contribution in [0.15, 0.2) is 65.4 Å². The van der Waals surface area contributed by atoms with Gasteiger partial charge in [0.25, 0.3) is 0 Å². The lowest BCUT2D eigenvalue weighted by atomic mass is 10.2. The maximum absolute atomic E-state index is 4.26. The van der Waals surface area contributed by atoms with Gasteiger partial charge in [0.2, 0.25) is 0 Å². The van der Waals surface area contributed by atoms with E-state index in [1.54, 1.807) is 6.33 Å². The molecule has 1 aromatic heterocycles. The largest absolute Gasteiger partial charge is 0.366 e. The van der Waals surface area contributed by atoms with Crippen LogP contribution in [0, 0.1) is 6.92 Å². The first kappa shape index (κ1) is 15.5. The van der Waals surface area contributed by atoms with E-state index in [-0.39, 0.29) is 0 Å². The van der Waals surface area contributed by atoms with Crippen molar-refractivity contribution in [3.8, 4) is 0 Å². The van der Waals surface area contributed by atoms with E-state index in [1.165, 1.54) is 11.1 Å². The second-order valence-electron chi connectivity index (χ2n) is 5.22. The van der Waals surface area contributed by atoms with Crippen molar-refractivity contribution in [2.75, 3.05) is 10.6 Å². The van der Waals surface area contributed by atoms with E-state index < -0.39 is 0 Å². The number of halogens is 1. The van der Waals surface area contributed by atoms with Crippen LogP contribution in [0.4, 0.5) is 17.3 Å². The number of hydrogen-bond acceptors (Lipinski definition) is 4. The first-order chi connectivity index (χ1) is 11.2. The summed E-state index contributed by atoms with van der Waals surface area (Å²) >= 11 is 3.54. The number of aryl methyl sites for hydroxylation is 1. The predicted octanol–water partition coefficient (Wildman–Crippen LogP) is 4.90.